The van der Waals surface area contributed by atoms with Gasteiger partial charge in [0.1, 0.15) is 11.5 Å². The molecule has 0 unspecified atom stereocenters. The van der Waals surface area contributed by atoms with Crippen LogP contribution in [0.15, 0.2) is 41.3 Å². The average molecular weight is 327 g/mol. The first-order valence-corrected chi connectivity index (χ1v) is 7.53. The molecule has 0 bridgehead atoms. The van der Waals surface area contributed by atoms with Crippen molar-refractivity contribution in [1.29, 1.82) is 0 Å². The number of hydrazone groups is 1. The summed E-state index contributed by atoms with van der Waals surface area (Å²) in [5, 5.41) is 8.54. The van der Waals surface area contributed by atoms with Crippen LogP contribution in [-0.4, -0.2) is 25.8 Å². The number of hydrogen-bond acceptors (Lipinski definition) is 5. The summed E-state index contributed by atoms with van der Waals surface area (Å²) in [6, 6.07) is 4.58. The van der Waals surface area contributed by atoms with Gasteiger partial charge in [-0.3, -0.25) is 4.79 Å². The highest BCUT2D eigenvalue weighted by molar-refractivity contribution is 7.08. The van der Waals surface area contributed by atoms with Crippen molar-refractivity contribution in [3.05, 3.63) is 52.4 Å². The number of benzene rings is 1. The van der Waals surface area contributed by atoms with Gasteiger partial charge in [0.05, 0.1) is 16.6 Å². The fraction of sp³-hybridized carbons (Fsp3) is 0.0667. The van der Waals surface area contributed by atoms with E-state index in [1.807, 2.05) is 17.8 Å². The summed E-state index contributed by atoms with van der Waals surface area (Å²) in [4.78, 5) is 12.8. The van der Waals surface area contributed by atoms with E-state index in [9.17, 15) is 9.18 Å². The van der Waals surface area contributed by atoms with E-state index >= 15 is 0 Å². The summed E-state index contributed by atoms with van der Waals surface area (Å²) in [5.74, 6) is -0.624. The zero-order valence-electron chi connectivity index (χ0n) is 11.9. The van der Waals surface area contributed by atoms with Crippen molar-refractivity contribution in [2.45, 2.75) is 0 Å². The Hall–Kier alpha value is -2.87. The third kappa shape index (κ3) is 2.23. The van der Waals surface area contributed by atoms with E-state index in [1.165, 1.54) is 12.1 Å². The van der Waals surface area contributed by atoms with Crippen LogP contribution < -0.4 is 5.43 Å². The highest BCUT2D eigenvalue weighted by Gasteiger charge is 2.26. The Kier molecular flexibility index (Phi) is 3.05. The van der Waals surface area contributed by atoms with E-state index in [2.05, 4.69) is 20.1 Å². The molecule has 3 heterocycles. The maximum Gasteiger partial charge on any atom is 0.273 e. The Labute approximate surface area is 134 Å². The second-order valence-corrected chi connectivity index (χ2v) is 5.88. The standard InChI is InChI=1S/C15H10FN5OS/c1-21-7-8(10-5-9(16)2-3-12(10)21)4-11-14(18-19-15(11)22)13-6-17-20-23-13/h2-7H,1H3,(H,19,22)/b11-4-. The van der Waals surface area contributed by atoms with Crippen LogP contribution in [0.5, 0.6) is 0 Å². The molecule has 0 saturated carbocycles. The molecule has 1 aromatic carbocycles. The Morgan fingerprint density at radius 2 is 2.26 bits per heavy atom. The second-order valence-electron chi connectivity index (χ2n) is 5.10. The molecule has 0 spiro atoms. The van der Waals surface area contributed by atoms with E-state index < -0.39 is 0 Å². The second kappa shape index (κ2) is 5.10. The van der Waals surface area contributed by atoms with Crippen LogP contribution in [0.25, 0.3) is 17.0 Å². The van der Waals surface area contributed by atoms with E-state index in [1.54, 1.807) is 18.3 Å². The molecule has 0 radical (unpaired) electrons. The third-order valence-corrected chi connectivity index (χ3v) is 4.32. The first-order valence-electron chi connectivity index (χ1n) is 6.76. The van der Waals surface area contributed by atoms with Crippen molar-refractivity contribution in [1.82, 2.24) is 19.6 Å². The quantitative estimate of drug-likeness (QED) is 0.733. The van der Waals surface area contributed by atoms with Crippen LogP contribution in [0.4, 0.5) is 4.39 Å². The molecule has 6 nitrogen and oxygen atoms in total. The molecule has 0 fully saturated rings. The van der Waals surface area contributed by atoms with Gasteiger partial charge in [-0.25, -0.2) is 9.82 Å². The largest absolute Gasteiger partial charge is 0.350 e. The molecule has 1 aliphatic rings. The molecular formula is C15H10FN5OS. The fourth-order valence-electron chi connectivity index (χ4n) is 2.59. The maximum absolute atomic E-state index is 13.6. The van der Waals surface area contributed by atoms with Gasteiger partial charge in [0.2, 0.25) is 0 Å². The topological polar surface area (TPSA) is 72.2 Å². The number of carbonyl (C=O) groups is 1. The van der Waals surface area contributed by atoms with Crippen molar-refractivity contribution in [3.63, 3.8) is 0 Å². The van der Waals surface area contributed by atoms with Crippen LogP contribution >= 0.6 is 11.5 Å². The smallest absolute Gasteiger partial charge is 0.273 e. The lowest BCUT2D eigenvalue weighted by Gasteiger charge is -1.98. The van der Waals surface area contributed by atoms with Gasteiger partial charge in [0.25, 0.3) is 5.91 Å². The first kappa shape index (κ1) is 13.8. The third-order valence-electron chi connectivity index (χ3n) is 3.65. The Bertz CT molecular complexity index is 987. The predicted molar refractivity (Wildman–Crippen MR) is 85.4 cm³/mol. The number of rotatable bonds is 2. The number of nitrogens with zero attached hydrogens (tertiary/aromatic N) is 4. The molecule has 1 amide bonds. The molecule has 3 aromatic rings. The van der Waals surface area contributed by atoms with Crippen LogP contribution in [0.1, 0.15) is 10.4 Å². The van der Waals surface area contributed by atoms with Crippen molar-refractivity contribution < 1.29 is 9.18 Å². The molecule has 114 valence electrons. The molecule has 8 heteroatoms. The van der Waals surface area contributed by atoms with E-state index in [4.69, 9.17) is 0 Å². The molecule has 1 aliphatic heterocycles. The van der Waals surface area contributed by atoms with Gasteiger partial charge in [-0.2, -0.15) is 5.10 Å². The minimum absolute atomic E-state index is 0.304. The molecule has 0 atom stereocenters. The highest BCUT2D eigenvalue weighted by atomic mass is 32.1. The van der Waals surface area contributed by atoms with E-state index in [0.717, 1.165) is 28.0 Å². The van der Waals surface area contributed by atoms with Crippen molar-refractivity contribution in [2.24, 2.45) is 12.1 Å². The summed E-state index contributed by atoms with van der Waals surface area (Å²) in [5.41, 5.74) is 4.99. The summed E-state index contributed by atoms with van der Waals surface area (Å²) >= 11 is 1.16. The van der Waals surface area contributed by atoms with Crippen molar-refractivity contribution >= 4 is 40.1 Å². The van der Waals surface area contributed by atoms with E-state index in [0.29, 0.717) is 16.2 Å². The number of halogens is 1. The Morgan fingerprint density at radius 1 is 1.39 bits per heavy atom. The minimum atomic E-state index is -0.320. The lowest BCUT2D eigenvalue weighted by molar-refractivity contribution is -0.116. The average Bonchev–Trinajstić information content (AvgIpc) is 3.22. The molecule has 2 aromatic heterocycles. The Balaban J connectivity index is 1.88. The lowest BCUT2D eigenvalue weighted by Crippen LogP contribution is -2.13. The molecule has 0 aliphatic carbocycles. The monoisotopic (exact) mass is 327 g/mol. The van der Waals surface area contributed by atoms with Crippen LogP contribution in [0.3, 0.4) is 0 Å². The summed E-state index contributed by atoms with van der Waals surface area (Å²) in [6.07, 6.45) is 5.12. The first-order chi connectivity index (χ1) is 11.1. The number of amides is 1. The normalized spacial score (nSPS) is 16.2. The van der Waals surface area contributed by atoms with Gasteiger partial charge >= 0.3 is 0 Å². The molecule has 0 saturated heterocycles. The number of hydrogen-bond donors (Lipinski definition) is 1. The van der Waals surface area contributed by atoms with Crippen LogP contribution in [-0.2, 0) is 11.8 Å². The van der Waals surface area contributed by atoms with Crippen LogP contribution in [0.2, 0.25) is 0 Å². The summed E-state index contributed by atoms with van der Waals surface area (Å²) < 4.78 is 19.2. The fourth-order valence-corrected chi connectivity index (χ4v) is 3.11. The highest BCUT2D eigenvalue weighted by Crippen LogP contribution is 2.26. The number of aromatic nitrogens is 3. The number of carbonyl (C=O) groups excluding carboxylic acids is 1. The van der Waals surface area contributed by atoms with Crippen molar-refractivity contribution in [3.8, 4) is 0 Å². The van der Waals surface area contributed by atoms with Gasteiger partial charge in [0.15, 0.2) is 0 Å². The van der Waals surface area contributed by atoms with Gasteiger partial charge in [0, 0.05) is 29.7 Å². The number of nitrogens with one attached hydrogen (secondary N) is 1. The molecular weight excluding hydrogens is 317 g/mol. The summed E-state index contributed by atoms with van der Waals surface area (Å²) in [7, 11) is 1.87. The predicted octanol–water partition coefficient (Wildman–Crippen LogP) is 2.09. The Morgan fingerprint density at radius 3 is 3.04 bits per heavy atom. The maximum atomic E-state index is 13.6. The lowest BCUT2D eigenvalue weighted by atomic mass is 10.1. The number of fused-ring (bicyclic) bond motifs is 1. The minimum Gasteiger partial charge on any atom is -0.350 e. The zero-order chi connectivity index (χ0) is 16.0. The zero-order valence-corrected chi connectivity index (χ0v) is 12.8. The van der Waals surface area contributed by atoms with Gasteiger partial charge in [-0.15, -0.1) is 5.10 Å². The van der Waals surface area contributed by atoms with Gasteiger partial charge in [-0.1, -0.05) is 4.49 Å². The summed E-state index contributed by atoms with van der Waals surface area (Å²) in [6.45, 7) is 0. The molecule has 1 N–H and O–H groups in total. The van der Waals surface area contributed by atoms with Gasteiger partial charge in [-0.05, 0) is 35.8 Å². The molecule has 4 rings (SSSR count). The number of aryl methyl sites for hydroxylation is 1. The van der Waals surface area contributed by atoms with E-state index in [-0.39, 0.29) is 11.7 Å². The SMILES string of the molecule is Cn1cc(/C=C2\C(=O)NN=C2c2cnns2)c2cc(F)ccc21. The van der Waals surface area contributed by atoms with Crippen LogP contribution in [0, 0.1) is 5.82 Å². The van der Waals surface area contributed by atoms with Gasteiger partial charge < -0.3 is 4.57 Å². The molecule has 23 heavy (non-hydrogen) atoms. The van der Waals surface area contributed by atoms with Crippen molar-refractivity contribution in [2.75, 3.05) is 0 Å².